The molecular weight excluding hydrogens is 459 g/mol. The molecule has 0 fully saturated rings. The van der Waals surface area contributed by atoms with Crippen LogP contribution in [0.15, 0.2) is 54.6 Å². The Morgan fingerprint density at radius 3 is 2.53 bits per heavy atom. The van der Waals surface area contributed by atoms with Gasteiger partial charge >= 0.3 is 0 Å². The van der Waals surface area contributed by atoms with Crippen molar-refractivity contribution in [1.29, 1.82) is 0 Å². The van der Waals surface area contributed by atoms with Crippen molar-refractivity contribution in [2.24, 2.45) is 0 Å². The molecule has 6 nitrogen and oxygen atoms in total. The van der Waals surface area contributed by atoms with E-state index >= 15 is 0 Å². The number of amides is 2. The number of methoxy groups -OCH3 is 2. The van der Waals surface area contributed by atoms with E-state index in [-0.39, 0.29) is 16.8 Å². The van der Waals surface area contributed by atoms with Gasteiger partial charge in [0.15, 0.2) is 11.5 Å². The quantitative estimate of drug-likeness (QED) is 0.572. The molecule has 0 bridgehead atoms. The molecule has 0 saturated carbocycles. The fraction of sp³-hybridized carbons (Fsp3) is 0.231. The maximum absolute atomic E-state index is 13.8. The summed E-state index contributed by atoms with van der Waals surface area (Å²) in [5.74, 6) is -0.952. The van der Waals surface area contributed by atoms with Gasteiger partial charge < -0.3 is 19.7 Å². The van der Waals surface area contributed by atoms with Gasteiger partial charge in [-0.25, -0.2) is 4.39 Å². The third-order valence-electron chi connectivity index (χ3n) is 6.50. The third-order valence-corrected chi connectivity index (χ3v) is 6.81. The summed E-state index contributed by atoms with van der Waals surface area (Å²) in [6.07, 6.45) is 0.694. The van der Waals surface area contributed by atoms with Crippen LogP contribution >= 0.6 is 11.6 Å². The van der Waals surface area contributed by atoms with Crippen molar-refractivity contribution in [3.63, 3.8) is 0 Å². The maximum atomic E-state index is 13.8. The number of carbonyl (C=O) groups excluding carboxylic acids is 2. The van der Waals surface area contributed by atoms with Crippen molar-refractivity contribution in [3.8, 4) is 11.5 Å². The fourth-order valence-electron chi connectivity index (χ4n) is 4.93. The van der Waals surface area contributed by atoms with Crippen LogP contribution in [0.25, 0.3) is 0 Å². The molecule has 3 aromatic carbocycles. The zero-order valence-electron chi connectivity index (χ0n) is 18.6. The smallest absolute Gasteiger partial charge is 0.254 e. The van der Waals surface area contributed by atoms with Gasteiger partial charge in [0.25, 0.3) is 5.91 Å². The summed E-state index contributed by atoms with van der Waals surface area (Å²) in [5, 5.41) is 2.94. The number of nitrogens with zero attached hydrogens (tertiary/aromatic N) is 1. The van der Waals surface area contributed by atoms with Gasteiger partial charge in [-0.05, 0) is 53.4 Å². The lowest BCUT2D eigenvalue weighted by Gasteiger charge is -2.45. The van der Waals surface area contributed by atoms with Crippen molar-refractivity contribution >= 4 is 29.1 Å². The van der Waals surface area contributed by atoms with Crippen LogP contribution in [0.1, 0.15) is 39.0 Å². The Kier molecular flexibility index (Phi) is 5.65. The van der Waals surface area contributed by atoms with Gasteiger partial charge in [-0.1, -0.05) is 35.9 Å². The fourth-order valence-corrected chi connectivity index (χ4v) is 5.15. The van der Waals surface area contributed by atoms with Gasteiger partial charge in [-0.3, -0.25) is 9.59 Å². The van der Waals surface area contributed by atoms with E-state index in [9.17, 15) is 14.0 Å². The zero-order chi connectivity index (χ0) is 24.0. The Bertz CT molecular complexity index is 1310. The number of halogens is 2. The maximum Gasteiger partial charge on any atom is 0.254 e. The molecule has 174 valence electrons. The molecule has 8 heteroatoms. The highest BCUT2D eigenvalue weighted by Gasteiger charge is 2.47. The number of benzene rings is 3. The van der Waals surface area contributed by atoms with Crippen molar-refractivity contribution < 1.29 is 23.5 Å². The summed E-state index contributed by atoms with van der Waals surface area (Å²) in [6.45, 7) is 0.482. The van der Waals surface area contributed by atoms with Crippen LogP contribution < -0.4 is 14.8 Å². The summed E-state index contributed by atoms with van der Waals surface area (Å²) < 4.78 is 24.4. The normalized spacial score (nSPS) is 18.5. The van der Waals surface area contributed by atoms with Crippen LogP contribution in [0.2, 0.25) is 5.02 Å². The average Bonchev–Trinajstić information content (AvgIpc) is 2.85. The molecule has 2 aliphatic heterocycles. The minimum absolute atomic E-state index is 0.0914. The Morgan fingerprint density at radius 1 is 1.06 bits per heavy atom. The van der Waals surface area contributed by atoms with Gasteiger partial charge in [0.05, 0.1) is 36.9 Å². The number of hydrogen-bond acceptors (Lipinski definition) is 4. The summed E-state index contributed by atoms with van der Waals surface area (Å²) in [7, 11) is 3.00. The highest BCUT2D eigenvalue weighted by atomic mass is 35.5. The predicted molar refractivity (Wildman–Crippen MR) is 126 cm³/mol. The third kappa shape index (κ3) is 3.56. The molecule has 3 aromatic rings. The van der Waals surface area contributed by atoms with Gasteiger partial charge in [-0.15, -0.1) is 0 Å². The number of anilines is 1. The number of rotatable bonds is 4. The summed E-state index contributed by atoms with van der Waals surface area (Å²) in [4.78, 5) is 29.1. The number of carbonyl (C=O) groups is 2. The first-order chi connectivity index (χ1) is 16.4. The highest BCUT2D eigenvalue weighted by molar-refractivity contribution is 6.33. The number of nitrogens with one attached hydrogen (secondary N) is 1. The molecule has 0 unspecified atom stereocenters. The van der Waals surface area contributed by atoms with E-state index < -0.39 is 17.8 Å². The summed E-state index contributed by atoms with van der Waals surface area (Å²) in [6, 6.07) is 14.4. The first-order valence-corrected chi connectivity index (χ1v) is 11.2. The minimum Gasteiger partial charge on any atom is -0.493 e. The highest BCUT2D eigenvalue weighted by Crippen LogP contribution is 2.48. The summed E-state index contributed by atoms with van der Waals surface area (Å²) in [5.41, 5.74) is 3.24. The van der Waals surface area contributed by atoms with Gasteiger partial charge in [-0.2, -0.15) is 0 Å². The van der Waals surface area contributed by atoms with Gasteiger partial charge in [0, 0.05) is 12.1 Å². The lowest BCUT2D eigenvalue weighted by atomic mass is 9.75. The molecule has 2 heterocycles. The molecule has 0 spiro atoms. The zero-order valence-corrected chi connectivity index (χ0v) is 19.4. The second-order valence-corrected chi connectivity index (χ2v) is 8.68. The molecule has 2 amide bonds. The second-order valence-electron chi connectivity index (χ2n) is 8.28. The van der Waals surface area contributed by atoms with E-state index in [1.165, 1.54) is 26.4 Å². The van der Waals surface area contributed by atoms with Crippen molar-refractivity contribution in [2.75, 3.05) is 26.1 Å². The van der Waals surface area contributed by atoms with Crippen LogP contribution in [0.5, 0.6) is 11.5 Å². The van der Waals surface area contributed by atoms with Crippen LogP contribution in [0, 0.1) is 5.82 Å². The standard InChI is InChI=1S/C26H22ClFN2O4/c1-33-21-12-17-18(13-22(21)34-2)26(32)30-10-9-14-5-3-4-6-16(14)24(30)23(17)25(31)29-20-8-7-15(28)11-19(20)27/h3-8,11-13,23-24H,9-10H2,1-2H3,(H,29,31)/t23-,24+/m1/s1. The first kappa shape index (κ1) is 22.2. The summed E-state index contributed by atoms with van der Waals surface area (Å²) >= 11 is 6.19. The number of hydrogen-bond donors (Lipinski definition) is 1. The van der Waals surface area contributed by atoms with Crippen LogP contribution in [-0.4, -0.2) is 37.5 Å². The molecule has 5 rings (SSSR count). The minimum atomic E-state index is -0.755. The average molecular weight is 481 g/mol. The SMILES string of the molecule is COc1cc2c(cc1OC)[C@@H](C(=O)Nc1ccc(F)cc1Cl)[C@@H]1c3ccccc3CCN1C2=O. The molecule has 0 saturated heterocycles. The molecule has 0 aliphatic carbocycles. The van der Waals surface area contributed by atoms with Crippen LogP contribution in [0.4, 0.5) is 10.1 Å². The monoisotopic (exact) mass is 480 g/mol. The van der Waals surface area contributed by atoms with E-state index in [4.69, 9.17) is 21.1 Å². The Balaban J connectivity index is 1.68. The largest absolute Gasteiger partial charge is 0.493 e. The van der Waals surface area contributed by atoms with Crippen LogP contribution in [0.3, 0.4) is 0 Å². The van der Waals surface area contributed by atoms with Gasteiger partial charge in [0.2, 0.25) is 5.91 Å². The van der Waals surface area contributed by atoms with Crippen molar-refractivity contribution in [2.45, 2.75) is 18.4 Å². The molecule has 2 atom stereocenters. The molecule has 1 N–H and O–H groups in total. The van der Waals surface area contributed by atoms with Crippen LogP contribution in [-0.2, 0) is 11.2 Å². The van der Waals surface area contributed by atoms with Crippen molar-refractivity contribution in [1.82, 2.24) is 4.90 Å². The lowest BCUT2D eigenvalue weighted by molar-refractivity contribution is -0.119. The Labute approximate surface area is 201 Å². The predicted octanol–water partition coefficient (Wildman–Crippen LogP) is 4.97. The Hall–Kier alpha value is -3.58. The van der Waals surface area contributed by atoms with E-state index in [2.05, 4.69) is 5.32 Å². The van der Waals surface area contributed by atoms with E-state index in [0.717, 1.165) is 17.2 Å². The molecule has 2 aliphatic rings. The molecular formula is C26H22ClFN2O4. The van der Waals surface area contributed by atoms with E-state index in [1.807, 2.05) is 24.3 Å². The molecule has 0 radical (unpaired) electrons. The molecule has 34 heavy (non-hydrogen) atoms. The second kappa shape index (κ2) is 8.65. The van der Waals surface area contributed by atoms with E-state index in [0.29, 0.717) is 41.3 Å². The lowest BCUT2D eigenvalue weighted by Crippen LogP contribution is -2.49. The Morgan fingerprint density at radius 2 is 1.79 bits per heavy atom. The van der Waals surface area contributed by atoms with Crippen molar-refractivity contribution in [3.05, 3.63) is 87.7 Å². The topological polar surface area (TPSA) is 67.9 Å². The molecule has 0 aromatic heterocycles. The number of fused-ring (bicyclic) bond motifs is 4. The number of ether oxygens (including phenoxy) is 2. The first-order valence-electron chi connectivity index (χ1n) is 10.8. The van der Waals surface area contributed by atoms with E-state index in [1.54, 1.807) is 17.0 Å². The van der Waals surface area contributed by atoms with Gasteiger partial charge in [0.1, 0.15) is 5.82 Å².